The molecule has 0 aromatic heterocycles. The van der Waals surface area contributed by atoms with Gasteiger partial charge in [0.05, 0.1) is 0 Å². The van der Waals surface area contributed by atoms with Gasteiger partial charge in [0.25, 0.3) is 0 Å². The molecule has 0 rings (SSSR count). The average Bonchev–Trinajstić information content (AvgIpc) is 2.02. The topological polar surface area (TPSA) is 12.0 Å². The van der Waals surface area contributed by atoms with Crippen LogP contribution in [0.1, 0.15) is 26.2 Å². The van der Waals surface area contributed by atoms with E-state index in [-0.39, 0.29) is 12.8 Å². The molecule has 0 amide bonds. The second-order valence-electron chi connectivity index (χ2n) is 2.79. The van der Waals surface area contributed by atoms with Crippen molar-refractivity contribution in [1.82, 2.24) is 5.32 Å². The van der Waals surface area contributed by atoms with Crippen LogP contribution in [0.3, 0.4) is 0 Å². The molecule has 1 N–H and O–H groups in total. The summed E-state index contributed by atoms with van der Waals surface area (Å²) < 4.78 is 36.7. The Morgan fingerprint density at radius 2 is 2.08 bits per heavy atom. The van der Waals surface area contributed by atoms with Gasteiger partial charge in [-0.15, -0.1) is 12.3 Å². The predicted octanol–water partition coefficient (Wildman–Crippen LogP) is 2.33. The Bertz CT molecular complexity index is 169. The molecule has 0 aromatic carbocycles. The highest BCUT2D eigenvalue weighted by Gasteiger charge is 2.38. The van der Waals surface area contributed by atoms with Crippen molar-refractivity contribution in [2.45, 2.75) is 38.4 Å². The maximum atomic E-state index is 12.2. The Kier molecular flexibility index (Phi) is 5.56. The molecular formula is C9H14F3N. The standard InChI is InChI=1S/C9H14F3N/c1-3-5-6-8(9(10,11)12)13-7-4-2/h1,8,13H,4-7H2,2H3. The fourth-order valence-electron chi connectivity index (χ4n) is 0.928. The molecule has 0 aliphatic carbocycles. The minimum Gasteiger partial charge on any atom is -0.306 e. The van der Waals surface area contributed by atoms with Gasteiger partial charge in [0.1, 0.15) is 6.04 Å². The summed E-state index contributed by atoms with van der Waals surface area (Å²) in [5, 5.41) is 2.42. The van der Waals surface area contributed by atoms with Gasteiger partial charge in [-0.1, -0.05) is 6.92 Å². The van der Waals surface area contributed by atoms with Crippen LogP contribution in [0.15, 0.2) is 0 Å². The molecule has 13 heavy (non-hydrogen) atoms. The van der Waals surface area contributed by atoms with Crippen molar-refractivity contribution in [3.63, 3.8) is 0 Å². The van der Waals surface area contributed by atoms with E-state index in [0.717, 1.165) is 0 Å². The summed E-state index contributed by atoms with van der Waals surface area (Å²) in [5.74, 6) is 2.21. The van der Waals surface area contributed by atoms with Crippen molar-refractivity contribution >= 4 is 0 Å². The first-order valence-electron chi connectivity index (χ1n) is 4.26. The zero-order chi connectivity index (χ0) is 10.3. The fraction of sp³-hybridized carbons (Fsp3) is 0.778. The van der Waals surface area contributed by atoms with Crippen LogP contribution in [0.5, 0.6) is 0 Å². The highest BCUT2D eigenvalue weighted by Crippen LogP contribution is 2.23. The van der Waals surface area contributed by atoms with Gasteiger partial charge < -0.3 is 5.32 Å². The van der Waals surface area contributed by atoms with E-state index < -0.39 is 12.2 Å². The second kappa shape index (κ2) is 5.87. The van der Waals surface area contributed by atoms with Crippen molar-refractivity contribution in [2.75, 3.05) is 6.54 Å². The predicted molar refractivity (Wildman–Crippen MR) is 46.2 cm³/mol. The van der Waals surface area contributed by atoms with E-state index in [1.807, 2.05) is 6.92 Å². The zero-order valence-corrected chi connectivity index (χ0v) is 7.62. The molecule has 0 saturated carbocycles. The van der Waals surface area contributed by atoms with Gasteiger partial charge in [0.15, 0.2) is 0 Å². The molecule has 0 bridgehead atoms. The average molecular weight is 193 g/mol. The lowest BCUT2D eigenvalue weighted by Gasteiger charge is -2.20. The molecule has 0 saturated heterocycles. The summed E-state index contributed by atoms with van der Waals surface area (Å²) >= 11 is 0. The molecule has 4 heteroatoms. The molecule has 1 atom stereocenters. The van der Waals surface area contributed by atoms with Gasteiger partial charge in [0.2, 0.25) is 0 Å². The van der Waals surface area contributed by atoms with Gasteiger partial charge in [-0.25, -0.2) is 0 Å². The Labute approximate surface area is 76.7 Å². The Hall–Kier alpha value is -0.690. The Morgan fingerprint density at radius 1 is 1.46 bits per heavy atom. The molecule has 0 heterocycles. The van der Waals surface area contributed by atoms with E-state index in [1.165, 1.54) is 0 Å². The number of halogens is 3. The largest absolute Gasteiger partial charge is 0.403 e. The highest BCUT2D eigenvalue weighted by atomic mass is 19.4. The fourth-order valence-corrected chi connectivity index (χ4v) is 0.928. The highest BCUT2D eigenvalue weighted by molar-refractivity contribution is 4.87. The minimum atomic E-state index is -4.19. The van der Waals surface area contributed by atoms with E-state index in [9.17, 15) is 13.2 Å². The van der Waals surface area contributed by atoms with Crippen molar-refractivity contribution < 1.29 is 13.2 Å². The summed E-state index contributed by atoms with van der Waals surface area (Å²) in [6.07, 6.45) is 1.51. The van der Waals surface area contributed by atoms with Crippen LogP contribution in [0.25, 0.3) is 0 Å². The lowest BCUT2D eigenvalue weighted by molar-refractivity contribution is -0.156. The lowest BCUT2D eigenvalue weighted by Crippen LogP contribution is -2.42. The van der Waals surface area contributed by atoms with Crippen molar-refractivity contribution in [3.05, 3.63) is 0 Å². The number of hydrogen-bond acceptors (Lipinski definition) is 1. The normalized spacial score (nSPS) is 13.8. The first-order valence-corrected chi connectivity index (χ1v) is 4.26. The van der Waals surface area contributed by atoms with Gasteiger partial charge in [-0.3, -0.25) is 0 Å². The third kappa shape index (κ3) is 5.53. The van der Waals surface area contributed by atoms with Crippen LogP contribution < -0.4 is 5.32 Å². The Morgan fingerprint density at radius 3 is 2.46 bits per heavy atom. The van der Waals surface area contributed by atoms with Gasteiger partial charge in [-0.2, -0.15) is 13.2 Å². The van der Waals surface area contributed by atoms with Crippen molar-refractivity contribution in [3.8, 4) is 12.3 Å². The molecule has 0 aliphatic heterocycles. The summed E-state index contributed by atoms with van der Waals surface area (Å²) in [6.45, 7) is 2.19. The smallest absolute Gasteiger partial charge is 0.306 e. The van der Waals surface area contributed by atoms with Gasteiger partial charge in [0, 0.05) is 6.42 Å². The van der Waals surface area contributed by atoms with Crippen LogP contribution in [0.4, 0.5) is 13.2 Å². The molecule has 1 nitrogen and oxygen atoms in total. The van der Waals surface area contributed by atoms with Gasteiger partial charge >= 0.3 is 6.18 Å². The van der Waals surface area contributed by atoms with E-state index in [1.54, 1.807) is 0 Å². The molecule has 1 unspecified atom stereocenters. The van der Waals surface area contributed by atoms with E-state index in [0.29, 0.717) is 13.0 Å². The van der Waals surface area contributed by atoms with Crippen LogP contribution in [0, 0.1) is 12.3 Å². The summed E-state index contributed by atoms with van der Waals surface area (Å²) in [4.78, 5) is 0. The summed E-state index contributed by atoms with van der Waals surface area (Å²) in [7, 11) is 0. The monoisotopic (exact) mass is 193 g/mol. The maximum absolute atomic E-state index is 12.2. The summed E-state index contributed by atoms with van der Waals surface area (Å²) in [5.41, 5.74) is 0. The first-order chi connectivity index (χ1) is 6.02. The van der Waals surface area contributed by atoms with E-state index in [2.05, 4.69) is 11.2 Å². The maximum Gasteiger partial charge on any atom is 0.403 e. The summed E-state index contributed by atoms with van der Waals surface area (Å²) in [6, 6.07) is -1.46. The van der Waals surface area contributed by atoms with Gasteiger partial charge in [-0.05, 0) is 19.4 Å². The van der Waals surface area contributed by atoms with Crippen LogP contribution in [0.2, 0.25) is 0 Å². The van der Waals surface area contributed by atoms with E-state index >= 15 is 0 Å². The number of alkyl halides is 3. The second-order valence-corrected chi connectivity index (χ2v) is 2.79. The number of terminal acetylenes is 1. The number of nitrogens with one attached hydrogen (secondary N) is 1. The quantitative estimate of drug-likeness (QED) is 0.661. The number of hydrogen-bond donors (Lipinski definition) is 1. The Balaban J connectivity index is 3.97. The molecule has 0 radical (unpaired) electrons. The van der Waals surface area contributed by atoms with Crippen molar-refractivity contribution in [1.29, 1.82) is 0 Å². The first kappa shape index (κ1) is 12.3. The molecule has 0 fully saturated rings. The molecule has 0 spiro atoms. The minimum absolute atomic E-state index is 0.0417. The van der Waals surface area contributed by atoms with E-state index in [4.69, 9.17) is 6.42 Å². The molecule has 76 valence electrons. The van der Waals surface area contributed by atoms with Crippen LogP contribution in [-0.4, -0.2) is 18.8 Å². The third-order valence-corrected chi connectivity index (χ3v) is 1.61. The third-order valence-electron chi connectivity index (χ3n) is 1.61. The van der Waals surface area contributed by atoms with Crippen molar-refractivity contribution in [2.24, 2.45) is 0 Å². The zero-order valence-electron chi connectivity index (χ0n) is 7.62. The molecular weight excluding hydrogens is 179 g/mol. The SMILES string of the molecule is C#CCCC(NCCC)C(F)(F)F. The van der Waals surface area contributed by atoms with Crippen LogP contribution >= 0.6 is 0 Å². The van der Waals surface area contributed by atoms with Crippen LogP contribution in [-0.2, 0) is 0 Å². The lowest BCUT2D eigenvalue weighted by atomic mass is 10.1. The molecule has 0 aliphatic rings. The number of rotatable bonds is 5. The molecule has 0 aromatic rings.